The van der Waals surface area contributed by atoms with E-state index in [1.54, 1.807) is 80.6 Å². The summed E-state index contributed by atoms with van der Waals surface area (Å²) in [6.07, 6.45) is 1.45. The molecule has 0 aliphatic rings. The third kappa shape index (κ3) is 6.10. The van der Waals surface area contributed by atoms with Crippen molar-refractivity contribution < 1.29 is 14.3 Å². The van der Waals surface area contributed by atoms with Crippen LogP contribution in [0.1, 0.15) is 35.3 Å². The quantitative estimate of drug-likeness (QED) is 0.245. The molecule has 3 aromatic carbocycles. The van der Waals surface area contributed by atoms with E-state index in [1.807, 2.05) is 0 Å². The summed E-state index contributed by atoms with van der Waals surface area (Å²) in [6, 6.07) is 18.2. The lowest BCUT2D eigenvalue weighted by atomic mass is 10.0. The highest BCUT2D eigenvalue weighted by Gasteiger charge is 2.30. The molecule has 0 spiro atoms. The Bertz CT molecular complexity index is 1160. The number of hydrazone groups is 1. The molecule has 0 heterocycles. The summed E-state index contributed by atoms with van der Waals surface area (Å²) in [5.74, 6) is -0.150. The number of halogens is 3. The van der Waals surface area contributed by atoms with Crippen LogP contribution in [0, 0.1) is 0 Å². The topological polar surface area (TPSA) is 67.8 Å². The van der Waals surface area contributed by atoms with Crippen LogP contribution < -0.4 is 10.2 Å². The molecule has 0 aliphatic heterocycles. The molecule has 0 aromatic heterocycles. The van der Waals surface area contributed by atoms with Crippen LogP contribution in [-0.2, 0) is 4.79 Å². The average molecular weight is 490 g/mol. The Morgan fingerprint density at radius 3 is 2.06 bits per heavy atom. The molecule has 8 heteroatoms. The predicted molar refractivity (Wildman–Crippen MR) is 128 cm³/mol. The van der Waals surface area contributed by atoms with Gasteiger partial charge in [-0.05, 0) is 80.1 Å². The molecule has 0 atom stereocenters. The molecular formula is C24H19Cl3N2O3. The Hall–Kier alpha value is -2.86. The highest BCUT2D eigenvalue weighted by molar-refractivity contribution is 6.42. The van der Waals surface area contributed by atoms with Crippen molar-refractivity contribution in [2.45, 2.75) is 19.4 Å². The number of hydrogen-bond acceptors (Lipinski definition) is 4. The summed E-state index contributed by atoms with van der Waals surface area (Å²) in [6.45, 7) is 3.23. The number of carbonyl (C=O) groups is 2. The number of rotatable bonds is 7. The molecule has 164 valence electrons. The maximum Gasteiger partial charge on any atom is 0.283 e. The molecule has 1 amide bonds. The van der Waals surface area contributed by atoms with Gasteiger partial charge in [0.05, 0.1) is 16.3 Å². The van der Waals surface area contributed by atoms with E-state index < -0.39 is 11.5 Å². The van der Waals surface area contributed by atoms with Gasteiger partial charge in [-0.1, -0.05) is 40.9 Å². The Balaban J connectivity index is 1.61. The number of carbonyl (C=O) groups excluding carboxylic acids is 2. The fourth-order valence-corrected chi connectivity index (χ4v) is 3.11. The van der Waals surface area contributed by atoms with Gasteiger partial charge in [0.25, 0.3) is 5.91 Å². The van der Waals surface area contributed by atoms with Crippen molar-refractivity contribution in [1.29, 1.82) is 0 Å². The highest BCUT2D eigenvalue weighted by atomic mass is 35.5. The van der Waals surface area contributed by atoms with Crippen LogP contribution in [0.2, 0.25) is 15.1 Å². The van der Waals surface area contributed by atoms with E-state index in [2.05, 4.69) is 10.5 Å². The SMILES string of the molecule is CC(C)(Oc1ccc(C(=O)c2ccc(Cl)cc2)cc1)C(=O)N/N=C/c1ccc(Cl)c(Cl)c1. The van der Waals surface area contributed by atoms with E-state index in [1.165, 1.54) is 6.21 Å². The van der Waals surface area contributed by atoms with Crippen LogP contribution in [0.3, 0.4) is 0 Å². The van der Waals surface area contributed by atoms with Gasteiger partial charge < -0.3 is 4.74 Å². The van der Waals surface area contributed by atoms with Crippen molar-refractivity contribution in [2.75, 3.05) is 0 Å². The first-order valence-electron chi connectivity index (χ1n) is 9.53. The largest absolute Gasteiger partial charge is 0.478 e. The van der Waals surface area contributed by atoms with Crippen molar-refractivity contribution >= 4 is 52.7 Å². The molecule has 5 nitrogen and oxygen atoms in total. The second kappa shape index (κ2) is 10.2. The zero-order chi connectivity index (χ0) is 23.3. The van der Waals surface area contributed by atoms with Crippen molar-refractivity contribution in [3.63, 3.8) is 0 Å². The molecule has 1 N–H and O–H groups in total. The molecule has 3 aromatic rings. The minimum Gasteiger partial charge on any atom is -0.478 e. The summed E-state index contributed by atoms with van der Waals surface area (Å²) in [7, 11) is 0. The van der Waals surface area contributed by atoms with Gasteiger partial charge in [0.15, 0.2) is 11.4 Å². The molecule has 0 saturated heterocycles. The Labute approximate surface area is 200 Å². The standard InChI is InChI=1S/C24H19Cl3N2O3/c1-24(2,23(31)29-28-14-15-3-12-20(26)21(27)13-15)32-19-10-6-17(7-11-19)22(30)16-4-8-18(25)9-5-16/h3-14H,1-2H3,(H,29,31)/b28-14+. The lowest BCUT2D eigenvalue weighted by molar-refractivity contribution is -0.134. The van der Waals surface area contributed by atoms with Gasteiger partial charge in [0.1, 0.15) is 5.75 Å². The van der Waals surface area contributed by atoms with Gasteiger partial charge in [0.2, 0.25) is 0 Å². The minimum atomic E-state index is -1.21. The number of ether oxygens (including phenoxy) is 1. The van der Waals surface area contributed by atoms with Crippen molar-refractivity contribution in [3.8, 4) is 5.75 Å². The van der Waals surface area contributed by atoms with Crippen molar-refractivity contribution in [3.05, 3.63) is 98.5 Å². The first-order valence-corrected chi connectivity index (χ1v) is 10.7. The number of amides is 1. The minimum absolute atomic E-state index is 0.137. The van der Waals surface area contributed by atoms with E-state index in [0.717, 1.165) is 0 Å². The second-order valence-electron chi connectivity index (χ2n) is 7.35. The maximum absolute atomic E-state index is 12.6. The number of benzene rings is 3. The summed E-state index contributed by atoms with van der Waals surface area (Å²) in [5.41, 5.74) is 2.94. The first kappa shape index (κ1) is 23.8. The fraction of sp³-hybridized carbons (Fsp3) is 0.125. The summed E-state index contributed by atoms with van der Waals surface area (Å²) in [4.78, 5) is 25.1. The number of hydrogen-bond donors (Lipinski definition) is 1. The second-order valence-corrected chi connectivity index (χ2v) is 8.60. The molecular weight excluding hydrogens is 471 g/mol. The van der Waals surface area contributed by atoms with Gasteiger partial charge in [-0.15, -0.1) is 0 Å². The van der Waals surface area contributed by atoms with E-state index in [9.17, 15) is 9.59 Å². The van der Waals surface area contributed by atoms with E-state index in [0.29, 0.717) is 37.5 Å². The predicted octanol–water partition coefficient (Wildman–Crippen LogP) is 6.19. The van der Waals surface area contributed by atoms with Crippen LogP contribution in [0.5, 0.6) is 5.75 Å². The Morgan fingerprint density at radius 2 is 1.47 bits per heavy atom. The zero-order valence-corrected chi connectivity index (χ0v) is 19.5. The Kier molecular flexibility index (Phi) is 7.56. The lowest BCUT2D eigenvalue weighted by Crippen LogP contribution is -2.44. The zero-order valence-electron chi connectivity index (χ0n) is 17.2. The summed E-state index contributed by atoms with van der Waals surface area (Å²) < 4.78 is 5.80. The van der Waals surface area contributed by atoms with Crippen LogP contribution in [0.25, 0.3) is 0 Å². The molecule has 3 rings (SSSR count). The van der Waals surface area contributed by atoms with Crippen molar-refractivity contribution in [2.24, 2.45) is 5.10 Å². The third-order valence-corrected chi connectivity index (χ3v) is 5.46. The van der Waals surface area contributed by atoms with Gasteiger partial charge in [-0.25, -0.2) is 5.43 Å². The van der Waals surface area contributed by atoms with Crippen LogP contribution >= 0.6 is 34.8 Å². The number of nitrogens with zero attached hydrogens (tertiary/aromatic N) is 1. The Morgan fingerprint density at radius 1 is 0.875 bits per heavy atom. The van der Waals surface area contributed by atoms with Gasteiger partial charge >= 0.3 is 0 Å². The van der Waals surface area contributed by atoms with Crippen LogP contribution in [0.4, 0.5) is 0 Å². The molecule has 0 bridgehead atoms. The molecule has 0 fully saturated rings. The molecule has 0 aliphatic carbocycles. The third-order valence-electron chi connectivity index (χ3n) is 4.47. The highest BCUT2D eigenvalue weighted by Crippen LogP contribution is 2.23. The fourth-order valence-electron chi connectivity index (χ4n) is 2.68. The van der Waals surface area contributed by atoms with Crippen LogP contribution in [-0.4, -0.2) is 23.5 Å². The van der Waals surface area contributed by atoms with Gasteiger partial charge in [0, 0.05) is 16.1 Å². The van der Waals surface area contributed by atoms with E-state index in [-0.39, 0.29) is 5.78 Å². The first-order chi connectivity index (χ1) is 15.2. The summed E-state index contributed by atoms with van der Waals surface area (Å²) in [5, 5.41) is 5.32. The number of nitrogens with one attached hydrogen (secondary N) is 1. The lowest BCUT2D eigenvalue weighted by Gasteiger charge is -2.24. The molecule has 32 heavy (non-hydrogen) atoms. The van der Waals surface area contributed by atoms with E-state index in [4.69, 9.17) is 39.5 Å². The van der Waals surface area contributed by atoms with Gasteiger partial charge in [-0.2, -0.15) is 5.10 Å². The summed E-state index contributed by atoms with van der Waals surface area (Å²) >= 11 is 17.7. The van der Waals surface area contributed by atoms with Gasteiger partial charge in [-0.3, -0.25) is 9.59 Å². The molecule has 0 unspecified atom stereocenters. The van der Waals surface area contributed by atoms with E-state index >= 15 is 0 Å². The average Bonchev–Trinajstić information content (AvgIpc) is 2.76. The normalized spacial score (nSPS) is 11.4. The molecule has 0 saturated carbocycles. The number of ketones is 1. The monoisotopic (exact) mass is 488 g/mol. The van der Waals surface area contributed by atoms with Crippen molar-refractivity contribution in [1.82, 2.24) is 5.43 Å². The smallest absolute Gasteiger partial charge is 0.283 e. The van der Waals surface area contributed by atoms with Crippen LogP contribution in [0.15, 0.2) is 71.8 Å². The molecule has 0 radical (unpaired) electrons. The maximum atomic E-state index is 12.6.